The molecule has 0 heterocycles. The molecule has 2 unspecified atom stereocenters. The number of esters is 1. The third-order valence-corrected chi connectivity index (χ3v) is 5.25. The number of hydrogen-bond donors (Lipinski definition) is 0. The topological polar surface area (TPSA) is 96.0 Å². The summed E-state index contributed by atoms with van der Waals surface area (Å²) in [5.41, 5.74) is -0.524. The predicted molar refractivity (Wildman–Crippen MR) is 103 cm³/mol. The van der Waals surface area contributed by atoms with Gasteiger partial charge in [-0.25, -0.2) is 4.79 Å². The van der Waals surface area contributed by atoms with Crippen molar-refractivity contribution in [3.63, 3.8) is 0 Å². The summed E-state index contributed by atoms with van der Waals surface area (Å²) in [6.45, 7) is 3.41. The van der Waals surface area contributed by atoms with Crippen molar-refractivity contribution in [1.29, 1.82) is 0 Å². The van der Waals surface area contributed by atoms with Crippen LogP contribution >= 0.6 is 8.46 Å². The second-order valence-corrected chi connectivity index (χ2v) is 8.26. The van der Waals surface area contributed by atoms with E-state index in [9.17, 15) is 17.8 Å². The van der Waals surface area contributed by atoms with Crippen LogP contribution in [0.2, 0.25) is 0 Å². The highest BCUT2D eigenvalue weighted by molar-refractivity contribution is 7.85. The molecule has 0 amide bonds. The molecule has 1 aromatic rings. The number of carbonyl (C=O) groups is 1. The van der Waals surface area contributed by atoms with Crippen LogP contribution in [0.4, 0.5) is 0 Å². The van der Waals surface area contributed by atoms with Crippen molar-refractivity contribution in [3.05, 3.63) is 35.9 Å². The van der Waals surface area contributed by atoms with Gasteiger partial charge in [-0.1, -0.05) is 30.3 Å². The molecule has 1 rings (SSSR count). The van der Waals surface area contributed by atoms with E-state index >= 15 is 0 Å². The van der Waals surface area contributed by atoms with Gasteiger partial charge in [-0.3, -0.25) is 8.75 Å². The van der Waals surface area contributed by atoms with Crippen LogP contribution in [0.25, 0.3) is 0 Å². The van der Waals surface area contributed by atoms with Gasteiger partial charge >= 0.3 is 5.97 Å². The van der Waals surface area contributed by atoms with Crippen LogP contribution in [-0.4, -0.2) is 52.2 Å². The predicted octanol–water partition coefficient (Wildman–Crippen LogP) is 2.84. The van der Waals surface area contributed by atoms with Crippen molar-refractivity contribution in [2.75, 3.05) is 32.2 Å². The third kappa shape index (κ3) is 7.66. The van der Waals surface area contributed by atoms with E-state index < -0.39 is 27.6 Å². The van der Waals surface area contributed by atoms with Crippen LogP contribution in [0.1, 0.15) is 25.8 Å². The first-order valence-corrected chi connectivity index (χ1v) is 11.6. The molecular formula is C18H27O7PS. The summed E-state index contributed by atoms with van der Waals surface area (Å²) in [5, 5.41) is 0. The van der Waals surface area contributed by atoms with Crippen LogP contribution in [0.3, 0.4) is 0 Å². The van der Waals surface area contributed by atoms with Gasteiger partial charge in [0.15, 0.2) is 14.1 Å². The molecule has 7 nitrogen and oxygen atoms in total. The second-order valence-electron chi connectivity index (χ2n) is 6.04. The van der Waals surface area contributed by atoms with Crippen molar-refractivity contribution in [2.45, 2.75) is 32.3 Å². The van der Waals surface area contributed by atoms with E-state index in [1.54, 1.807) is 13.8 Å². The molecule has 0 spiro atoms. The standard InChI is InChI=1S/C18H27O7PS/c1-4-23-17(19)18(14-26-20,24-5-2)16(13-25-27(3,21)22)12-11-15-9-7-6-8-10-15/h6-10,16H,4-5,11-14H2,1-3H3. The fourth-order valence-electron chi connectivity index (χ4n) is 2.83. The van der Waals surface area contributed by atoms with Crippen LogP contribution in [0.5, 0.6) is 0 Å². The molecule has 0 aliphatic carbocycles. The van der Waals surface area contributed by atoms with Gasteiger partial charge in [0.1, 0.15) is 0 Å². The van der Waals surface area contributed by atoms with Crippen molar-refractivity contribution < 1.29 is 31.4 Å². The van der Waals surface area contributed by atoms with E-state index in [2.05, 4.69) is 0 Å². The van der Waals surface area contributed by atoms with Crippen molar-refractivity contribution >= 4 is 24.5 Å². The smallest absolute Gasteiger partial charge is 0.339 e. The molecule has 1 aromatic carbocycles. The summed E-state index contributed by atoms with van der Waals surface area (Å²) in [6.07, 6.45) is 1.77. The minimum atomic E-state index is -3.72. The molecule has 0 aliphatic rings. The summed E-state index contributed by atoms with van der Waals surface area (Å²) < 4.78 is 50.3. The summed E-state index contributed by atoms with van der Waals surface area (Å²) in [5.74, 6) is -1.32. The van der Waals surface area contributed by atoms with E-state index in [-0.39, 0.29) is 34.4 Å². The fraction of sp³-hybridized carbons (Fsp3) is 0.611. The van der Waals surface area contributed by atoms with Crippen LogP contribution in [0, 0.1) is 5.92 Å². The van der Waals surface area contributed by atoms with E-state index in [1.807, 2.05) is 30.3 Å². The Hall–Kier alpha value is -1.34. The van der Waals surface area contributed by atoms with Gasteiger partial charge in [0.25, 0.3) is 10.1 Å². The van der Waals surface area contributed by atoms with Gasteiger partial charge in [0.2, 0.25) is 0 Å². The molecule has 0 aromatic heterocycles. The molecule has 152 valence electrons. The Morgan fingerprint density at radius 2 is 1.85 bits per heavy atom. The Balaban J connectivity index is 3.20. The molecular weight excluding hydrogens is 391 g/mol. The second kappa shape index (κ2) is 11.5. The lowest BCUT2D eigenvalue weighted by molar-refractivity contribution is -0.178. The SMILES string of the molecule is CCOC(=O)C(CP=O)(OCC)C(CCc1ccccc1)COS(C)(=O)=O. The quantitative estimate of drug-likeness (QED) is 0.276. The molecule has 0 N–H and O–H groups in total. The summed E-state index contributed by atoms with van der Waals surface area (Å²) in [6, 6.07) is 9.57. The Bertz CT molecular complexity index is 693. The van der Waals surface area contributed by atoms with Crippen molar-refractivity contribution in [2.24, 2.45) is 5.92 Å². The number of aryl methyl sites for hydroxylation is 1. The third-order valence-electron chi connectivity index (χ3n) is 4.09. The van der Waals surface area contributed by atoms with Crippen molar-refractivity contribution in [1.82, 2.24) is 0 Å². The van der Waals surface area contributed by atoms with Gasteiger partial charge in [-0.2, -0.15) is 8.42 Å². The summed E-state index contributed by atoms with van der Waals surface area (Å²) in [7, 11) is -4.02. The lowest BCUT2D eigenvalue weighted by Gasteiger charge is -2.36. The van der Waals surface area contributed by atoms with Crippen LogP contribution < -0.4 is 0 Å². The normalized spacial score (nSPS) is 15.2. The van der Waals surface area contributed by atoms with Gasteiger partial charge in [-0.15, -0.1) is 0 Å². The Morgan fingerprint density at radius 1 is 1.19 bits per heavy atom. The fourth-order valence-corrected chi connectivity index (χ4v) is 3.91. The molecule has 0 fully saturated rings. The number of hydrogen-bond acceptors (Lipinski definition) is 7. The van der Waals surface area contributed by atoms with Gasteiger partial charge in [-0.05, 0) is 32.3 Å². The average molecular weight is 418 g/mol. The molecule has 0 saturated carbocycles. The van der Waals surface area contributed by atoms with Crippen molar-refractivity contribution in [3.8, 4) is 0 Å². The van der Waals surface area contributed by atoms with E-state index in [1.165, 1.54) is 0 Å². The summed E-state index contributed by atoms with van der Waals surface area (Å²) >= 11 is 0. The number of benzene rings is 1. The largest absolute Gasteiger partial charge is 0.464 e. The zero-order chi connectivity index (χ0) is 20.3. The Morgan fingerprint density at radius 3 is 2.37 bits per heavy atom. The maximum Gasteiger partial charge on any atom is 0.339 e. The maximum absolute atomic E-state index is 12.7. The molecule has 9 heteroatoms. The maximum atomic E-state index is 12.7. The first-order chi connectivity index (χ1) is 12.8. The molecule has 27 heavy (non-hydrogen) atoms. The minimum Gasteiger partial charge on any atom is -0.464 e. The van der Waals surface area contributed by atoms with Gasteiger partial charge < -0.3 is 9.47 Å². The lowest BCUT2D eigenvalue weighted by Crippen LogP contribution is -2.53. The highest BCUT2D eigenvalue weighted by Crippen LogP contribution is 2.32. The highest BCUT2D eigenvalue weighted by atomic mass is 32.2. The molecule has 2 atom stereocenters. The van der Waals surface area contributed by atoms with Crippen LogP contribution in [-0.2, 0) is 39.6 Å². The van der Waals surface area contributed by atoms with E-state index in [0.717, 1.165) is 11.8 Å². The van der Waals surface area contributed by atoms with E-state index in [0.29, 0.717) is 12.8 Å². The number of ether oxygens (including phenoxy) is 2. The van der Waals surface area contributed by atoms with Gasteiger partial charge in [0.05, 0.1) is 25.6 Å². The molecule has 0 saturated heterocycles. The zero-order valence-corrected chi connectivity index (χ0v) is 17.6. The molecule has 0 bridgehead atoms. The van der Waals surface area contributed by atoms with Crippen LogP contribution in [0.15, 0.2) is 30.3 Å². The highest BCUT2D eigenvalue weighted by Gasteiger charge is 2.48. The number of carbonyl (C=O) groups excluding carboxylic acids is 1. The van der Waals surface area contributed by atoms with E-state index in [4.69, 9.17) is 13.7 Å². The first-order valence-electron chi connectivity index (χ1n) is 8.77. The number of rotatable bonds is 13. The zero-order valence-electron chi connectivity index (χ0n) is 15.9. The minimum absolute atomic E-state index is 0.127. The average Bonchev–Trinajstić information content (AvgIpc) is 2.61. The van der Waals surface area contributed by atoms with Gasteiger partial charge in [0, 0.05) is 12.5 Å². The lowest BCUT2D eigenvalue weighted by atomic mass is 9.84. The first kappa shape index (κ1) is 23.7. The molecule has 0 aliphatic heterocycles. The summed E-state index contributed by atoms with van der Waals surface area (Å²) in [4.78, 5) is 12.7. The monoisotopic (exact) mass is 418 g/mol. The Kier molecular flexibility index (Phi) is 10.1. The Labute approximate surface area is 162 Å². The molecule has 0 radical (unpaired) electrons.